The number of hydrogen-bond donors (Lipinski definition) is 1. The van der Waals surface area contributed by atoms with Crippen molar-refractivity contribution < 1.29 is 9.85 Å². The van der Waals surface area contributed by atoms with Gasteiger partial charge in [0.15, 0.2) is 0 Å². The Morgan fingerprint density at radius 1 is 1.10 bits per heavy atom. The molecule has 0 saturated carbocycles. The van der Waals surface area contributed by atoms with Gasteiger partial charge in [-0.25, -0.2) is 0 Å². The van der Waals surface area contributed by atoms with Crippen LogP contribution in [0.15, 0.2) is 18.2 Å². The number of nitrogens with zero attached hydrogens (tertiary/aromatic N) is 3. The minimum absolute atomic E-state index is 0.437. The van der Waals surface area contributed by atoms with E-state index >= 15 is 0 Å². The van der Waals surface area contributed by atoms with Gasteiger partial charge in [-0.05, 0) is 12.0 Å². The Morgan fingerprint density at radius 3 is 2.35 bits per heavy atom. The first-order valence-electron chi connectivity index (χ1n) is 6.42. The molecule has 8 nitrogen and oxygen atoms in total. The normalized spacial score (nSPS) is 16.0. The monoisotopic (exact) mass is 280 g/mol. The largest absolute Gasteiger partial charge is 0.346 e. The molecule has 1 saturated heterocycles. The molecule has 0 amide bonds. The topological polar surface area (TPSA) is 102 Å². The molecule has 1 fully saturated rings. The Balaban J connectivity index is 2.06. The van der Waals surface area contributed by atoms with Crippen molar-refractivity contribution in [3.8, 4) is 0 Å². The van der Waals surface area contributed by atoms with Crippen LogP contribution in [0.2, 0.25) is 0 Å². The van der Waals surface area contributed by atoms with Gasteiger partial charge in [-0.1, -0.05) is 6.07 Å². The first-order valence-corrected chi connectivity index (χ1v) is 6.42. The summed E-state index contributed by atoms with van der Waals surface area (Å²) < 4.78 is 0. The van der Waals surface area contributed by atoms with Crippen LogP contribution in [-0.2, 0) is 6.42 Å². The molecule has 2 rings (SSSR count). The molecule has 108 valence electrons. The van der Waals surface area contributed by atoms with Crippen LogP contribution in [0.3, 0.4) is 0 Å². The Bertz CT molecular complexity index is 514. The summed E-state index contributed by atoms with van der Waals surface area (Å²) in [5.74, 6) is 0. The van der Waals surface area contributed by atoms with Gasteiger partial charge in [0.2, 0.25) is 0 Å². The fraction of sp³-hybridized carbons (Fsp3) is 0.500. The number of nitro benzene ring substituents is 2. The van der Waals surface area contributed by atoms with Crippen LogP contribution in [0.4, 0.5) is 11.4 Å². The molecule has 1 aromatic rings. The quantitative estimate of drug-likeness (QED) is 0.636. The summed E-state index contributed by atoms with van der Waals surface area (Å²) in [5, 5.41) is 24.8. The van der Waals surface area contributed by atoms with Gasteiger partial charge in [0.05, 0.1) is 9.85 Å². The maximum Gasteiger partial charge on any atom is 0.346 e. The van der Waals surface area contributed by atoms with Crippen molar-refractivity contribution >= 4 is 11.4 Å². The number of rotatable bonds is 5. The summed E-state index contributed by atoms with van der Waals surface area (Å²) in [6, 6.07) is 4.11. The Morgan fingerprint density at radius 2 is 1.75 bits per heavy atom. The van der Waals surface area contributed by atoms with E-state index in [2.05, 4.69) is 10.2 Å². The lowest BCUT2D eigenvalue weighted by atomic mass is 10.1. The van der Waals surface area contributed by atoms with Crippen molar-refractivity contribution in [2.75, 3.05) is 32.7 Å². The molecular weight excluding hydrogens is 264 g/mol. The molecule has 0 bridgehead atoms. The molecule has 0 unspecified atom stereocenters. The highest BCUT2D eigenvalue weighted by atomic mass is 16.6. The first-order chi connectivity index (χ1) is 9.58. The molecule has 0 atom stereocenters. The SMILES string of the molecule is O=[N+]([O-])c1ccc(CCN2CCNCC2)cc1[N+](=O)[O-]. The molecule has 8 heteroatoms. The van der Waals surface area contributed by atoms with Crippen LogP contribution in [0.5, 0.6) is 0 Å². The van der Waals surface area contributed by atoms with Crippen molar-refractivity contribution in [2.45, 2.75) is 6.42 Å². The number of benzene rings is 1. The van der Waals surface area contributed by atoms with Gasteiger partial charge in [0.25, 0.3) is 0 Å². The fourth-order valence-electron chi connectivity index (χ4n) is 2.25. The minimum atomic E-state index is -0.724. The number of nitrogens with one attached hydrogen (secondary N) is 1. The lowest BCUT2D eigenvalue weighted by molar-refractivity contribution is -0.422. The van der Waals surface area contributed by atoms with Crippen molar-refractivity contribution in [2.24, 2.45) is 0 Å². The van der Waals surface area contributed by atoms with E-state index in [-0.39, 0.29) is 0 Å². The van der Waals surface area contributed by atoms with Gasteiger partial charge in [-0.15, -0.1) is 0 Å². The van der Waals surface area contributed by atoms with Crippen LogP contribution in [0, 0.1) is 20.2 Å². The van der Waals surface area contributed by atoms with Crippen LogP contribution < -0.4 is 5.32 Å². The summed E-state index contributed by atoms with van der Waals surface area (Å²) in [6.07, 6.45) is 0.652. The van der Waals surface area contributed by atoms with Gasteiger partial charge in [0, 0.05) is 44.9 Å². The molecule has 0 spiro atoms. The van der Waals surface area contributed by atoms with E-state index in [4.69, 9.17) is 0 Å². The van der Waals surface area contributed by atoms with E-state index < -0.39 is 21.2 Å². The number of nitro groups is 2. The smallest absolute Gasteiger partial charge is 0.314 e. The molecular formula is C12H16N4O4. The van der Waals surface area contributed by atoms with E-state index in [0.717, 1.165) is 38.3 Å². The van der Waals surface area contributed by atoms with E-state index in [9.17, 15) is 20.2 Å². The van der Waals surface area contributed by atoms with E-state index in [1.54, 1.807) is 6.07 Å². The standard InChI is InChI=1S/C12H16N4O4/c17-15(18)11-2-1-10(9-12(11)16(19)20)3-6-14-7-4-13-5-8-14/h1-2,9,13H,3-8H2. The van der Waals surface area contributed by atoms with Crippen LogP contribution in [0.1, 0.15) is 5.56 Å². The molecule has 0 aliphatic carbocycles. The highest BCUT2D eigenvalue weighted by Crippen LogP contribution is 2.27. The average Bonchev–Trinajstić information content (AvgIpc) is 2.45. The third-order valence-electron chi connectivity index (χ3n) is 3.36. The molecule has 1 heterocycles. The summed E-state index contributed by atoms with van der Waals surface area (Å²) in [7, 11) is 0. The predicted octanol–water partition coefficient (Wildman–Crippen LogP) is 0.951. The highest BCUT2D eigenvalue weighted by Gasteiger charge is 2.24. The Kier molecular flexibility index (Phi) is 4.59. The van der Waals surface area contributed by atoms with Crippen LogP contribution >= 0.6 is 0 Å². The van der Waals surface area contributed by atoms with Crippen molar-refractivity contribution in [1.29, 1.82) is 0 Å². The molecule has 20 heavy (non-hydrogen) atoms. The lowest BCUT2D eigenvalue weighted by Crippen LogP contribution is -2.44. The predicted molar refractivity (Wildman–Crippen MR) is 72.8 cm³/mol. The van der Waals surface area contributed by atoms with Gasteiger partial charge >= 0.3 is 11.4 Å². The van der Waals surface area contributed by atoms with E-state index in [0.29, 0.717) is 6.42 Å². The average molecular weight is 280 g/mol. The molecule has 0 radical (unpaired) electrons. The second-order valence-corrected chi connectivity index (χ2v) is 4.68. The Hall–Kier alpha value is -2.06. The van der Waals surface area contributed by atoms with Gasteiger partial charge in [0.1, 0.15) is 0 Å². The van der Waals surface area contributed by atoms with Crippen LogP contribution in [-0.4, -0.2) is 47.5 Å². The van der Waals surface area contributed by atoms with Gasteiger partial charge < -0.3 is 10.2 Å². The van der Waals surface area contributed by atoms with Crippen molar-refractivity contribution in [1.82, 2.24) is 10.2 Å². The van der Waals surface area contributed by atoms with Gasteiger partial charge in [-0.2, -0.15) is 0 Å². The summed E-state index contributed by atoms with van der Waals surface area (Å²) >= 11 is 0. The maximum atomic E-state index is 10.9. The summed E-state index contributed by atoms with van der Waals surface area (Å²) in [6.45, 7) is 4.60. The lowest BCUT2D eigenvalue weighted by Gasteiger charge is -2.27. The highest BCUT2D eigenvalue weighted by molar-refractivity contribution is 5.54. The second kappa shape index (κ2) is 6.40. The first kappa shape index (κ1) is 14.4. The van der Waals surface area contributed by atoms with Crippen molar-refractivity contribution in [3.63, 3.8) is 0 Å². The van der Waals surface area contributed by atoms with E-state index in [1.807, 2.05) is 0 Å². The number of piperazine rings is 1. The zero-order valence-electron chi connectivity index (χ0n) is 10.9. The van der Waals surface area contributed by atoms with Gasteiger partial charge in [-0.3, -0.25) is 20.2 Å². The number of hydrogen-bond acceptors (Lipinski definition) is 6. The molecule has 1 aliphatic heterocycles. The minimum Gasteiger partial charge on any atom is -0.314 e. The van der Waals surface area contributed by atoms with Crippen molar-refractivity contribution in [3.05, 3.63) is 44.0 Å². The van der Waals surface area contributed by atoms with E-state index in [1.165, 1.54) is 12.1 Å². The molecule has 1 N–H and O–H groups in total. The zero-order valence-corrected chi connectivity index (χ0v) is 10.9. The summed E-state index contributed by atoms with van der Waals surface area (Å²) in [5.41, 5.74) is -0.144. The summed E-state index contributed by atoms with van der Waals surface area (Å²) in [4.78, 5) is 22.4. The zero-order chi connectivity index (χ0) is 14.5. The third-order valence-corrected chi connectivity index (χ3v) is 3.36. The fourth-order valence-corrected chi connectivity index (χ4v) is 2.25. The molecule has 0 aromatic heterocycles. The second-order valence-electron chi connectivity index (χ2n) is 4.68. The maximum absolute atomic E-state index is 10.9. The van der Waals surface area contributed by atoms with Crippen LogP contribution in [0.25, 0.3) is 0 Å². The Labute approximate surface area is 115 Å². The molecule has 1 aromatic carbocycles. The third kappa shape index (κ3) is 3.49. The molecule has 1 aliphatic rings.